The number of nitrogens with zero attached hydrogens (tertiary/aromatic N) is 2. The average molecular weight is 459 g/mol. The first-order valence-corrected chi connectivity index (χ1v) is 10.5. The molecule has 1 aliphatic rings. The molecular weight excluding hydrogens is 435 g/mol. The number of likely N-dealkylation sites (tertiary alicyclic amines) is 1. The lowest BCUT2D eigenvalue weighted by Crippen LogP contribution is -2.28. The van der Waals surface area contributed by atoms with Crippen LogP contribution >= 0.6 is 0 Å². The van der Waals surface area contributed by atoms with Crippen molar-refractivity contribution >= 4 is 16.9 Å². The third kappa shape index (κ3) is 7.01. The van der Waals surface area contributed by atoms with Gasteiger partial charge in [0.2, 0.25) is 5.91 Å². The molecule has 11 heteroatoms. The number of rotatable bonds is 5. The van der Waals surface area contributed by atoms with Gasteiger partial charge in [0.05, 0.1) is 24.0 Å². The SMILES string of the molecule is C=CC(=O)N1CCC(OCc2ccc(C(F)(F)F)cc2)C1.Cc1noc(C)c1S(N)=O. The summed E-state index contributed by atoms with van der Waals surface area (Å²) >= 11 is 0. The number of aromatic nitrogens is 1. The first kappa shape index (κ1) is 24.8. The van der Waals surface area contributed by atoms with Gasteiger partial charge < -0.3 is 14.2 Å². The number of benzene rings is 1. The second kappa shape index (κ2) is 10.7. The van der Waals surface area contributed by atoms with E-state index in [9.17, 15) is 22.2 Å². The monoisotopic (exact) mass is 459 g/mol. The van der Waals surface area contributed by atoms with Gasteiger partial charge in [-0.25, -0.2) is 9.35 Å². The van der Waals surface area contributed by atoms with Crippen LogP contribution in [0.5, 0.6) is 0 Å². The van der Waals surface area contributed by atoms with Crippen molar-refractivity contribution in [2.75, 3.05) is 13.1 Å². The Hall–Kier alpha value is -2.50. The minimum Gasteiger partial charge on any atom is -0.372 e. The minimum absolute atomic E-state index is 0.0869. The summed E-state index contributed by atoms with van der Waals surface area (Å²) in [4.78, 5) is 13.6. The molecule has 1 fully saturated rings. The highest BCUT2D eigenvalue weighted by Gasteiger charge is 2.30. The zero-order valence-corrected chi connectivity index (χ0v) is 18.0. The van der Waals surface area contributed by atoms with Crippen molar-refractivity contribution in [3.63, 3.8) is 0 Å². The Morgan fingerprint density at radius 1 is 1.39 bits per heavy atom. The largest absolute Gasteiger partial charge is 0.416 e. The van der Waals surface area contributed by atoms with Crippen molar-refractivity contribution in [1.29, 1.82) is 0 Å². The Balaban J connectivity index is 0.000000285. The van der Waals surface area contributed by atoms with E-state index in [0.717, 1.165) is 18.6 Å². The van der Waals surface area contributed by atoms with Gasteiger partial charge >= 0.3 is 6.18 Å². The maximum atomic E-state index is 12.4. The van der Waals surface area contributed by atoms with Crippen molar-refractivity contribution in [1.82, 2.24) is 10.1 Å². The van der Waals surface area contributed by atoms with Crippen LogP contribution in [0.15, 0.2) is 46.3 Å². The average Bonchev–Trinajstić information content (AvgIpc) is 3.32. The molecule has 1 aromatic carbocycles. The van der Waals surface area contributed by atoms with Crippen LogP contribution in [0, 0.1) is 13.8 Å². The molecule has 2 heterocycles. The van der Waals surface area contributed by atoms with Gasteiger partial charge in [-0.3, -0.25) is 4.79 Å². The third-order valence-electron chi connectivity index (χ3n) is 4.57. The van der Waals surface area contributed by atoms with E-state index in [1.807, 2.05) is 0 Å². The van der Waals surface area contributed by atoms with Crippen LogP contribution in [0.3, 0.4) is 0 Å². The second-order valence-corrected chi connectivity index (χ2v) is 7.86. The maximum absolute atomic E-state index is 12.4. The molecule has 2 unspecified atom stereocenters. The number of ether oxygens (including phenoxy) is 1. The van der Waals surface area contributed by atoms with E-state index in [1.54, 1.807) is 18.7 Å². The molecule has 7 nitrogen and oxygen atoms in total. The topological polar surface area (TPSA) is 98.7 Å². The zero-order chi connectivity index (χ0) is 23.2. The van der Waals surface area contributed by atoms with E-state index in [2.05, 4.69) is 11.7 Å². The lowest BCUT2D eigenvalue weighted by molar-refractivity contribution is -0.137. The van der Waals surface area contributed by atoms with E-state index < -0.39 is 22.7 Å². The quantitative estimate of drug-likeness (QED) is 0.692. The van der Waals surface area contributed by atoms with E-state index in [1.165, 1.54) is 18.2 Å². The summed E-state index contributed by atoms with van der Waals surface area (Å²) in [5.74, 6) is 0.397. The van der Waals surface area contributed by atoms with Crippen molar-refractivity contribution in [3.05, 3.63) is 59.5 Å². The van der Waals surface area contributed by atoms with E-state index in [0.29, 0.717) is 35.0 Å². The Kier molecular flexibility index (Phi) is 8.54. The number of carbonyl (C=O) groups is 1. The molecule has 0 bridgehead atoms. The Bertz CT molecular complexity index is 909. The van der Waals surface area contributed by atoms with Gasteiger partial charge in [-0.15, -0.1) is 0 Å². The molecule has 2 aromatic rings. The Morgan fingerprint density at radius 3 is 2.48 bits per heavy atom. The number of amides is 1. The lowest BCUT2D eigenvalue weighted by Gasteiger charge is -2.15. The molecule has 1 aromatic heterocycles. The first-order valence-electron chi connectivity index (χ1n) is 9.31. The van der Waals surface area contributed by atoms with Crippen LogP contribution in [0.4, 0.5) is 13.2 Å². The highest BCUT2D eigenvalue weighted by atomic mass is 32.2. The van der Waals surface area contributed by atoms with Gasteiger partial charge in [0.15, 0.2) is 5.76 Å². The third-order valence-corrected chi connectivity index (χ3v) is 5.55. The molecule has 3 rings (SSSR count). The maximum Gasteiger partial charge on any atom is 0.416 e. The number of carbonyl (C=O) groups excluding carboxylic acids is 1. The predicted octanol–water partition coefficient (Wildman–Crippen LogP) is 3.28. The summed E-state index contributed by atoms with van der Waals surface area (Å²) in [5.41, 5.74) is 0.602. The lowest BCUT2D eigenvalue weighted by atomic mass is 10.1. The van der Waals surface area contributed by atoms with Gasteiger partial charge in [0.25, 0.3) is 0 Å². The van der Waals surface area contributed by atoms with E-state index in [-0.39, 0.29) is 18.6 Å². The normalized spacial score (nSPS) is 17.1. The fraction of sp³-hybridized carbons (Fsp3) is 0.400. The molecule has 170 valence electrons. The second-order valence-electron chi connectivity index (χ2n) is 6.86. The molecule has 1 saturated heterocycles. The number of nitrogens with two attached hydrogens (primary N) is 1. The number of hydrogen-bond donors (Lipinski definition) is 1. The highest BCUT2D eigenvalue weighted by Crippen LogP contribution is 2.29. The number of halogens is 3. The summed E-state index contributed by atoms with van der Waals surface area (Å²) in [6, 6.07) is 4.90. The van der Waals surface area contributed by atoms with Crippen LogP contribution in [0.1, 0.15) is 29.0 Å². The number of hydrogen-bond acceptors (Lipinski definition) is 5. The van der Waals surface area contributed by atoms with Crippen LogP contribution in [-0.2, 0) is 33.3 Å². The molecule has 0 aliphatic carbocycles. The summed E-state index contributed by atoms with van der Waals surface area (Å²) in [7, 11) is -1.48. The Morgan fingerprint density at radius 2 is 2.03 bits per heavy atom. The molecule has 1 aliphatic heterocycles. The van der Waals surface area contributed by atoms with Gasteiger partial charge in [0, 0.05) is 13.1 Å². The van der Waals surface area contributed by atoms with Gasteiger partial charge in [-0.1, -0.05) is 23.9 Å². The predicted molar refractivity (Wildman–Crippen MR) is 108 cm³/mol. The standard InChI is InChI=1S/C15H16F3NO2.C5H8N2O2S/c1-2-14(20)19-8-7-13(9-19)21-10-11-3-5-12(6-4-11)15(16,17)18;1-3-5(10(6)8)4(2)9-7-3/h2-6,13H,1,7-10H2;6H2,1-2H3. The number of alkyl halides is 3. The van der Waals surface area contributed by atoms with Crippen LogP contribution in [-0.4, -0.2) is 39.4 Å². The van der Waals surface area contributed by atoms with E-state index in [4.69, 9.17) is 14.4 Å². The summed E-state index contributed by atoms with van der Waals surface area (Å²) in [5, 5.41) is 8.72. The van der Waals surface area contributed by atoms with Gasteiger partial charge in [-0.05, 0) is 44.0 Å². The van der Waals surface area contributed by atoms with Crippen molar-refractivity contribution in [2.24, 2.45) is 5.14 Å². The van der Waals surface area contributed by atoms with Gasteiger partial charge in [-0.2, -0.15) is 13.2 Å². The first-order chi connectivity index (χ1) is 14.5. The minimum atomic E-state index is -4.32. The fourth-order valence-electron chi connectivity index (χ4n) is 2.96. The molecular formula is C20H24F3N3O4S. The molecule has 2 N–H and O–H groups in total. The van der Waals surface area contributed by atoms with Crippen molar-refractivity contribution in [2.45, 2.75) is 44.1 Å². The summed E-state index contributed by atoms with van der Waals surface area (Å²) in [6.07, 6.45) is -2.43. The van der Waals surface area contributed by atoms with Gasteiger partial charge in [0.1, 0.15) is 15.9 Å². The molecule has 0 spiro atoms. The smallest absolute Gasteiger partial charge is 0.372 e. The Labute approximate surface area is 180 Å². The van der Waals surface area contributed by atoms with Crippen molar-refractivity contribution < 1.29 is 31.4 Å². The molecule has 2 atom stereocenters. The van der Waals surface area contributed by atoms with Crippen LogP contribution in [0.2, 0.25) is 0 Å². The molecule has 1 amide bonds. The molecule has 31 heavy (non-hydrogen) atoms. The molecule has 0 radical (unpaired) electrons. The fourth-order valence-corrected chi connectivity index (χ4v) is 3.61. The zero-order valence-electron chi connectivity index (χ0n) is 17.1. The van der Waals surface area contributed by atoms with Crippen LogP contribution in [0.25, 0.3) is 0 Å². The molecule has 0 saturated carbocycles. The van der Waals surface area contributed by atoms with Crippen molar-refractivity contribution in [3.8, 4) is 0 Å². The summed E-state index contributed by atoms with van der Waals surface area (Å²) in [6.45, 7) is 8.15. The number of aryl methyl sites for hydroxylation is 2. The van der Waals surface area contributed by atoms with E-state index >= 15 is 0 Å². The summed E-state index contributed by atoms with van der Waals surface area (Å²) < 4.78 is 58.4. The van der Waals surface area contributed by atoms with Crippen LogP contribution < -0.4 is 5.14 Å². The highest BCUT2D eigenvalue weighted by molar-refractivity contribution is 7.82.